The maximum atomic E-state index is 14.1. The number of imide groups is 1. The number of amides is 2. The highest BCUT2D eigenvalue weighted by molar-refractivity contribution is 6.24. The van der Waals surface area contributed by atoms with Crippen LogP contribution >= 0.6 is 0 Å². The number of non-ortho nitro benzene ring substituents is 1. The summed E-state index contributed by atoms with van der Waals surface area (Å²) < 4.78 is 0. The number of benzene rings is 3. The maximum absolute atomic E-state index is 14.1. The molecule has 0 bridgehead atoms. The van der Waals surface area contributed by atoms with Crippen molar-refractivity contribution in [3.05, 3.63) is 82.4 Å². The number of anilines is 1. The lowest BCUT2D eigenvalue weighted by Crippen LogP contribution is -2.57. The van der Waals surface area contributed by atoms with E-state index in [9.17, 15) is 29.6 Å². The summed E-state index contributed by atoms with van der Waals surface area (Å²) in [7, 11) is 0. The number of nitro benzene ring substituents is 1. The number of aliphatic carboxylic acids is 1. The third-order valence-corrected chi connectivity index (χ3v) is 8.83. The minimum absolute atomic E-state index is 0.0854. The van der Waals surface area contributed by atoms with E-state index in [1.165, 1.54) is 24.3 Å². The first kappa shape index (κ1) is 25.2. The second-order valence-electron chi connectivity index (χ2n) is 11.0. The van der Waals surface area contributed by atoms with Gasteiger partial charge in [0.1, 0.15) is 5.54 Å². The molecule has 2 heterocycles. The van der Waals surface area contributed by atoms with Crippen molar-refractivity contribution in [2.75, 3.05) is 4.90 Å². The fourth-order valence-corrected chi connectivity index (χ4v) is 7.11. The molecular formula is C30H29N3O6. The minimum Gasteiger partial charge on any atom is -0.480 e. The Labute approximate surface area is 225 Å². The molecule has 9 nitrogen and oxygen atoms in total. The number of hydrogen-bond donors (Lipinski definition) is 2. The Balaban J connectivity index is 1.51. The van der Waals surface area contributed by atoms with Crippen molar-refractivity contribution < 1.29 is 24.4 Å². The average Bonchev–Trinajstić information content (AvgIpc) is 3.42. The van der Waals surface area contributed by atoms with Crippen LogP contribution in [0, 0.1) is 27.9 Å². The van der Waals surface area contributed by atoms with Crippen LogP contribution in [0.15, 0.2) is 66.7 Å². The largest absolute Gasteiger partial charge is 0.480 e. The van der Waals surface area contributed by atoms with Crippen molar-refractivity contribution >= 4 is 39.9 Å². The van der Waals surface area contributed by atoms with Crippen LogP contribution in [-0.2, 0) is 14.4 Å². The van der Waals surface area contributed by atoms with Gasteiger partial charge < -0.3 is 5.11 Å². The number of carbonyl (C=O) groups excluding carboxylic acids is 2. The first-order valence-corrected chi connectivity index (χ1v) is 13.4. The molecule has 1 saturated carbocycles. The zero-order chi connectivity index (χ0) is 27.3. The van der Waals surface area contributed by atoms with E-state index < -0.39 is 46.1 Å². The molecule has 9 heteroatoms. The number of hydrogen-bond acceptors (Lipinski definition) is 6. The molecule has 2 aliphatic heterocycles. The molecule has 2 N–H and O–H groups in total. The Morgan fingerprint density at radius 1 is 1.00 bits per heavy atom. The first-order valence-electron chi connectivity index (χ1n) is 13.4. The van der Waals surface area contributed by atoms with E-state index >= 15 is 0 Å². The lowest BCUT2D eigenvalue weighted by Gasteiger charge is -2.35. The molecule has 39 heavy (non-hydrogen) atoms. The molecular weight excluding hydrogens is 498 g/mol. The summed E-state index contributed by atoms with van der Waals surface area (Å²) in [6.45, 7) is 0. The molecule has 3 fully saturated rings. The van der Waals surface area contributed by atoms with E-state index in [0.717, 1.165) is 53.3 Å². The van der Waals surface area contributed by atoms with Gasteiger partial charge in [-0.3, -0.25) is 29.8 Å². The van der Waals surface area contributed by atoms with Gasteiger partial charge in [0.15, 0.2) is 0 Å². The van der Waals surface area contributed by atoms with Gasteiger partial charge in [0.2, 0.25) is 11.8 Å². The molecule has 4 unspecified atom stereocenters. The average molecular weight is 528 g/mol. The van der Waals surface area contributed by atoms with Crippen LogP contribution in [0.2, 0.25) is 0 Å². The van der Waals surface area contributed by atoms with E-state index in [1.54, 1.807) is 0 Å². The molecule has 0 aromatic heterocycles. The highest BCUT2D eigenvalue weighted by atomic mass is 16.6. The van der Waals surface area contributed by atoms with E-state index in [-0.39, 0.29) is 23.7 Å². The SMILES string of the molecule is O=C1C2C(c3cccc4ccccc34)NC(CC3CCCCC3)(C(=O)O)C2C(=O)N1c1cccc([N+](=O)[O-])c1. The fourth-order valence-electron chi connectivity index (χ4n) is 7.11. The van der Waals surface area contributed by atoms with Crippen molar-refractivity contribution in [1.82, 2.24) is 5.32 Å². The zero-order valence-electron chi connectivity index (χ0n) is 21.3. The summed E-state index contributed by atoms with van der Waals surface area (Å²) in [5.74, 6) is -4.31. The molecule has 4 atom stereocenters. The third kappa shape index (κ3) is 3.99. The van der Waals surface area contributed by atoms with Crippen LogP contribution in [0.1, 0.15) is 50.1 Å². The van der Waals surface area contributed by atoms with Crippen LogP contribution < -0.4 is 10.2 Å². The Kier molecular flexibility index (Phi) is 6.18. The van der Waals surface area contributed by atoms with Crippen LogP contribution in [0.25, 0.3) is 10.8 Å². The number of nitrogens with zero attached hydrogens (tertiary/aromatic N) is 2. The van der Waals surface area contributed by atoms with Gasteiger partial charge >= 0.3 is 5.97 Å². The molecule has 0 radical (unpaired) electrons. The monoisotopic (exact) mass is 527 g/mol. The van der Waals surface area contributed by atoms with Gasteiger partial charge in [-0.05, 0) is 34.7 Å². The van der Waals surface area contributed by atoms with Crippen LogP contribution in [-0.4, -0.2) is 33.4 Å². The molecule has 3 aliphatic rings. The van der Waals surface area contributed by atoms with Crippen molar-refractivity contribution in [2.45, 2.75) is 50.1 Å². The number of carboxylic acids is 1. The summed E-state index contributed by atoms with van der Waals surface area (Å²) in [6.07, 6.45) is 5.12. The number of nitro groups is 1. The normalized spacial score (nSPS) is 27.2. The Bertz CT molecular complexity index is 1490. The van der Waals surface area contributed by atoms with Crippen molar-refractivity contribution in [3.8, 4) is 0 Å². The van der Waals surface area contributed by atoms with Crippen molar-refractivity contribution in [3.63, 3.8) is 0 Å². The second-order valence-corrected chi connectivity index (χ2v) is 11.0. The zero-order valence-corrected chi connectivity index (χ0v) is 21.3. The number of carboxylic acid groups (broad SMARTS) is 1. The Morgan fingerprint density at radius 3 is 2.46 bits per heavy atom. The van der Waals surface area contributed by atoms with Crippen molar-refractivity contribution in [2.24, 2.45) is 17.8 Å². The number of rotatable bonds is 6. The summed E-state index contributed by atoms with van der Waals surface area (Å²) in [6, 6.07) is 18.1. The van der Waals surface area contributed by atoms with Gasteiger partial charge in [-0.1, -0.05) is 80.6 Å². The summed E-state index contributed by atoms with van der Waals surface area (Å²) in [5.41, 5.74) is -1.05. The second kappa shape index (κ2) is 9.57. The topological polar surface area (TPSA) is 130 Å². The van der Waals surface area contributed by atoms with Gasteiger partial charge in [-0.15, -0.1) is 0 Å². The third-order valence-electron chi connectivity index (χ3n) is 8.83. The van der Waals surface area contributed by atoms with Gasteiger partial charge in [0.25, 0.3) is 5.69 Å². The molecule has 0 spiro atoms. The predicted octanol–water partition coefficient (Wildman–Crippen LogP) is 4.99. The standard InChI is InChI=1S/C30H29N3O6/c34-27-24-25(28(35)32(27)20-12-7-13-21(16-20)33(38)39)30(29(36)37,17-18-8-2-1-3-9-18)31-26(24)23-15-6-11-19-10-4-5-14-22(19)23/h4-7,10-16,18,24-26,31H,1-3,8-9,17H2,(H,36,37). The molecule has 3 aromatic carbocycles. The quantitative estimate of drug-likeness (QED) is 0.262. The van der Waals surface area contributed by atoms with E-state index in [4.69, 9.17) is 0 Å². The van der Waals surface area contributed by atoms with E-state index in [2.05, 4.69) is 5.32 Å². The van der Waals surface area contributed by atoms with Crippen LogP contribution in [0.5, 0.6) is 0 Å². The smallest absolute Gasteiger partial charge is 0.324 e. The van der Waals surface area contributed by atoms with Crippen LogP contribution in [0.3, 0.4) is 0 Å². The molecule has 2 saturated heterocycles. The number of carbonyl (C=O) groups is 3. The molecule has 2 amide bonds. The minimum atomic E-state index is -1.64. The molecule has 200 valence electrons. The summed E-state index contributed by atoms with van der Waals surface area (Å²) in [5, 5.41) is 27.4. The number of fused-ring (bicyclic) bond motifs is 2. The van der Waals surface area contributed by atoms with Crippen LogP contribution in [0.4, 0.5) is 11.4 Å². The highest BCUT2D eigenvalue weighted by Gasteiger charge is 2.69. The fraction of sp³-hybridized carbons (Fsp3) is 0.367. The maximum Gasteiger partial charge on any atom is 0.324 e. The highest BCUT2D eigenvalue weighted by Crippen LogP contribution is 2.53. The van der Waals surface area contributed by atoms with Gasteiger partial charge in [-0.2, -0.15) is 0 Å². The van der Waals surface area contributed by atoms with E-state index in [1.807, 2.05) is 42.5 Å². The lowest BCUT2D eigenvalue weighted by atomic mass is 9.72. The molecule has 3 aromatic rings. The van der Waals surface area contributed by atoms with Gasteiger partial charge in [0.05, 0.1) is 22.4 Å². The summed E-state index contributed by atoms with van der Waals surface area (Å²) >= 11 is 0. The number of nitrogens with one attached hydrogen (secondary N) is 1. The Morgan fingerprint density at radius 2 is 1.72 bits per heavy atom. The van der Waals surface area contributed by atoms with Crippen molar-refractivity contribution in [1.29, 1.82) is 0 Å². The van der Waals surface area contributed by atoms with Gasteiger partial charge in [-0.25, -0.2) is 4.90 Å². The van der Waals surface area contributed by atoms with E-state index in [0.29, 0.717) is 0 Å². The Hall–Kier alpha value is -4.11. The predicted molar refractivity (Wildman–Crippen MR) is 144 cm³/mol. The molecule has 1 aliphatic carbocycles. The lowest BCUT2D eigenvalue weighted by molar-refractivity contribution is -0.384. The van der Waals surface area contributed by atoms with Gasteiger partial charge in [0, 0.05) is 18.2 Å². The molecule has 6 rings (SSSR count). The first-order chi connectivity index (χ1) is 18.8. The summed E-state index contributed by atoms with van der Waals surface area (Å²) in [4.78, 5) is 53.2.